The van der Waals surface area contributed by atoms with Crippen LogP contribution in [-0.4, -0.2) is 22.6 Å². The molecule has 1 aromatic carbocycles. The fourth-order valence-corrected chi connectivity index (χ4v) is 3.28. The van der Waals surface area contributed by atoms with Crippen molar-refractivity contribution in [3.05, 3.63) is 47.3 Å². The van der Waals surface area contributed by atoms with Crippen LogP contribution in [0.4, 0.5) is 0 Å². The van der Waals surface area contributed by atoms with Gasteiger partial charge in [-0.05, 0) is 26.5 Å². The van der Waals surface area contributed by atoms with Gasteiger partial charge in [-0.15, -0.1) is 11.8 Å². The fraction of sp³-hybridized carbons (Fsp3) is 0.400. The second-order valence-electron chi connectivity index (χ2n) is 4.92. The third kappa shape index (κ3) is 3.85. The molecular formula is C15H21N3S. The first kappa shape index (κ1) is 14.2. The smallest absolute Gasteiger partial charge is 0.0625 e. The van der Waals surface area contributed by atoms with Crippen LogP contribution >= 0.6 is 11.8 Å². The summed E-state index contributed by atoms with van der Waals surface area (Å²) in [5.74, 6) is 1.01. The molecule has 102 valence electrons. The van der Waals surface area contributed by atoms with Gasteiger partial charge in [-0.3, -0.25) is 4.68 Å². The van der Waals surface area contributed by atoms with Gasteiger partial charge in [0.2, 0.25) is 0 Å². The summed E-state index contributed by atoms with van der Waals surface area (Å²) in [6.07, 6.45) is 3.97. The van der Waals surface area contributed by atoms with Crippen LogP contribution in [0.25, 0.3) is 0 Å². The Bertz CT molecular complexity index is 528. The third-order valence-corrected chi connectivity index (χ3v) is 4.14. The Kier molecular flexibility index (Phi) is 4.66. The van der Waals surface area contributed by atoms with Crippen molar-refractivity contribution in [2.75, 3.05) is 12.8 Å². The lowest BCUT2D eigenvalue weighted by Crippen LogP contribution is -2.18. The standard InChI is InChI=1S/C15H21N3S/c1-11-5-12(2)7-13(6-11)15(16-3)10-19-14-8-17-18(4)9-14/h5-9,15-16H,10H2,1-4H3. The van der Waals surface area contributed by atoms with Gasteiger partial charge in [-0.25, -0.2) is 0 Å². The summed E-state index contributed by atoms with van der Waals surface area (Å²) in [6, 6.07) is 7.10. The Morgan fingerprint density at radius 3 is 2.47 bits per heavy atom. The number of benzene rings is 1. The topological polar surface area (TPSA) is 29.9 Å². The van der Waals surface area contributed by atoms with Gasteiger partial charge in [-0.1, -0.05) is 29.3 Å². The van der Waals surface area contributed by atoms with Gasteiger partial charge in [0.15, 0.2) is 0 Å². The van der Waals surface area contributed by atoms with Gasteiger partial charge in [-0.2, -0.15) is 5.10 Å². The van der Waals surface area contributed by atoms with E-state index >= 15 is 0 Å². The number of hydrogen-bond acceptors (Lipinski definition) is 3. The monoisotopic (exact) mass is 275 g/mol. The van der Waals surface area contributed by atoms with Crippen molar-refractivity contribution in [2.24, 2.45) is 7.05 Å². The number of thioether (sulfide) groups is 1. The molecule has 2 aromatic rings. The lowest BCUT2D eigenvalue weighted by Gasteiger charge is -2.17. The van der Waals surface area contributed by atoms with Crippen LogP contribution in [0.1, 0.15) is 22.7 Å². The van der Waals surface area contributed by atoms with E-state index in [1.807, 2.05) is 36.7 Å². The van der Waals surface area contributed by atoms with Crippen LogP contribution in [0.2, 0.25) is 0 Å². The van der Waals surface area contributed by atoms with E-state index in [-0.39, 0.29) is 0 Å². The molecule has 1 unspecified atom stereocenters. The maximum Gasteiger partial charge on any atom is 0.0625 e. The Morgan fingerprint density at radius 2 is 1.95 bits per heavy atom. The summed E-state index contributed by atoms with van der Waals surface area (Å²) in [4.78, 5) is 1.21. The van der Waals surface area contributed by atoms with Crippen LogP contribution in [-0.2, 0) is 7.05 Å². The van der Waals surface area contributed by atoms with Crippen LogP contribution in [0.15, 0.2) is 35.5 Å². The predicted molar refractivity (Wildman–Crippen MR) is 81.6 cm³/mol. The molecule has 0 saturated carbocycles. The molecule has 0 aliphatic heterocycles. The molecule has 0 radical (unpaired) electrons. The Labute approximate surface area is 119 Å². The molecule has 0 amide bonds. The Hall–Kier alpha value is -1.26. The van der Waals surface area contributed by atoms with Crippen LogP contribution in [0.5, 0.6) is 0 Å². The van der Waals surface area contributed by atoms with Crippen LogP contribution < -0.4 is 5.32 Å². The molecule has 2 rings (SSSR count). The summed E-state index contributed by atoms with van der Waals surface area (Å²) in [6.45, 7) is 4.30. The first-order chi connectivity index (χ1) is 9.08. The van der Waals surface area contributed by atoms with Crippen molar-refractivity contribution in [3.8, 4) is 0 Å². The summed E-state index contributed by atoms with van der Waals surface area (Å²) in [7, 11) is 3.97. The van der Waals surface area contributed by atoms with Crippen molar-refractivity contribution in [2.45, 2.75) is 24.8 Å². The molecule has 0 aliphatic carbocycles. The van der Waals surface area contributed by atoms with Crippen LogP contribution in [0, 0.1) is 13.8 Å². The zero-order valence-electron chi connectivity index (χ0n) is 12.0. The summed E-state index contributed by atoms with van der Waals surface area (Å²) in [5, 5.41) is 7.60. The first-order valence-corrected chi connectivity index (χ1v) is 7.44. The van der Waals surface area contributed by atoms with Gasteiger partial charge < -0.3 is 5.32 Å². The second kappa shape index (κ2) is 6.26. The minimum Gasteiger partial charge on any atom is -0.312 e. The molecule has 0 fully saturated rings. The number of aryl methyl sites for hydroxylation is 3. The highest BCUT2D eigenvalue weighted by atomic mass is 32.2. The molecule has 0 saturated heterocycles. The van der Waals surface area contributed by atoms with E-state index in [2.05, 4.69) is 48.7 Å². The van der Waals surface area contributed by atoms with E-state index < -0.39 is 0 Å². The minimum absolute atomic E-state index is 0.365. The molecule has 19 heavy (non-hydrogen) atoms. The SMILES string of the molecule is CNC(CSc1cnn(C)c1)c1cc(C)cc(C)c1. The van der Waals surface area contributed by atoms with Gasteiger partial charge in [0.1, 0.15) is 0 Å². The van der Waals surface area contributed by atoms with E-state index in [1.54, 1.807) is 0 Å². The van der Waals surface area contributed by atoms with Crippen LogP contribution in [0.3, 0.4) is 0 Å². The molecule has 1 atom stereocenters. The zero-order valence-corrected chi connectivity index (χ0v) is 12.8. The molecule has 0 bridgehead atoms. The number of nitrogens with one attached hydrogen (secondary N) is 1. The largest absolute Gasteiger partial charge is 0.312 e. The lowest BCUT2D eigenvalue weighted by atomic mass is 10.0. The van der Waals surface area contributed by atoms with E-state index in [9.17, 15) is 0 Å². The minimum atomic E-state index is 0.365. The number of hydrogen-bond donors (Lipinski definition) is 1. The van der Waals surface area contributed by atoms with E-state index in [4.69, 9.17) is 0 Å². The molecule has 0 aliphatic rings. The van der Waals surface area contributed by atoms with Gasteiger partial charge in [0, 0.05) is 29.9 Å². The average molecular weight is 275 g/mol. The molecule has 1 N–H and O–H groups in total. The maximum atomic E-state index is 4.20. The maximum absolute atomic E-state index is 4.20. The highest BCUT2D eigenvalue weighted by molar-refractivity contribution is 7.99. The molecule has 4 heteroatoms. The van der Waals surface area contributed by atoms with Gasteiger partial charge in [0.25, 0.3) is 0 Å². The van der Waals surface area contributed by atoms with Gasteiger partial charge in [0.05, 0.1) is 6.20 Å². The normalized spacial score (nSPS) is 12.6. The second-order valence-corrected chi connectivity index (χ2v) is 6.02. The lowest BCUT2D eigenvalue weighted by molar-refractivity contribution is 0.661. The average Bonchev–Trinajstić information content (AvgIpc) is 2.75. The Balaban J connectivity index is 2.07. The molecular weight excluding hydrogens is 254 g/mol. The van der Waals surface area contributed by atoms with Crippen molar-refractivity contribution < 1.29 is 0 Å². The molecule has 1 heterocycles. The van der Waals surface area contributed by atoms with Crippen molar-refractivity contribution in [1.82, 2.24) is 15.1 Å². The fourth-order valence-electron chi connectivity index (χ4n) is 2.21. The van der Waals surface area contributed by atoms with Gasteiger partial charge >= 0.3 is 0 Å². The summed E-state index contributed by atoms with van der Waals surface area (Å²) < 4.78 is 1.84. The number of rotatable bonds is 5. The zero-order chi connectivity index (χ0) is 13.8. The molecule has 3 nitrogen and oxygen atoms in total. The van der Waals surface area contributed by atoms with E-state index in [0.717, 1.165) is 5.75 Å². The number of nitrogens with zero attached hydrogens (tertiary/aromatic N) is 2. The summed E-state index contributed by atoms with van der Waals surface area (Å²) >= 11 is 1.83. The van der Waals surface area contributed by atoms with Crippen molar-refractivity contribution >= 4 is 11.8 Å². The summed E-state index contributed by atoms with van der Waals surface area (Å²) in [5.41, 5.74) is 4.00. The molecule has 1 aromatic heterocycles. The predicted octanol–water partition coefficient (Wildman–Crippen LogP) is 3.09. The highest BCUT2D eigenvalue weighted by Crippen LogP contribution is 2.25. The Morgan fingerprint density at radius 1 is 1.26 bits per heavy atom. The number of aromatic nitrogens is 2. The first-order valence-electron chi connectivity index (χ1n) is 6.45. The van der Waals surface area contributed by atoms with Crippen molar-refractivity contribution in [1.29, 1.82) is 0 Å². The van der Waals surface area contributed by atoms with Crippen molar-refractivity contribution in [3.63, 3.8) is 0 Å². The third-order valence-electron chi connectivity index (χ3n) is 3.09. The van der Waals surface area contributed by atoms with E-state index in [1.165, 1.54) is 21.6 Å². The quantitative estimate of drug-likeness (QED) is 0.850. The van der Waals surface area contributed by atoms with E-state index in [0.29, 0.717) is 6.04 Å². The highest BCUT2D eigenvalue weighted by Gasteiger charge is 2.11. The molecule has 0 spiro atoms.